The normalized spacial score (nSPS) is 15.8. The quantitative estimate of drug-likeness (QED) is 0.136. The van der Waals surface area contributed by atoms with Gasteiger partial charge in [-0.05, 0) is 12.3 Å². The van der Waals surface area contributed by atoms with Gasteiger partial charge in [-0.2, -0.15) is 0 Å². The highest BCUT2D eigenvalue weighted by Crippen LogP contribution is 2.09. The van der Waals surface area contributed by atoms with Crippen molar-refractivity contribution in [3.63, 3.8) is 0 Å². The Hall–Kier alpha value is -2.77. The second kappa shape index (κ2) is 13.5. The summed E-state index contributed by atoms with van der Waals surface area (Å²) in [5, 5.41) is 42.7. The zero-order valence-electron chi connectivity index (χ0n) is 16.8. The second-order valence-electron chi connectivity index (χ2n) is 6.74. The van der Waals surface area contributed by atoms with Gasteiger partial charge in [-0.1, -0.05) is 20.3 Å². The van der Waals surface area contributed by atoms with E-state index in [1.54, 1.807) is 13.8 Å². The molecule has 0 aliphatic rings. The maximum atomic E-state index is 12.5. The van der Waals surface area contributed by atoms with E-state index in [0.29, 0.717) is 6.42 Å². The highest BCUT2D eigenvalue weighted by atomic mass is 16.4. The van der Waals surface area contributed by atoms with Crippen LogP contribution in [-0.2, 0) is 24.0 Å². The minimum absolute atomic E-state index is 0.184. The third kappa shape index (κ3) is 9.15. The lowest BCUT2D eigenvalue weighted by molar-refractivity contribution is -0.144. The van der Waals surface area contributed by atoms with Crippen molar-refractivity contribution in [2.75, 3.05) is 13.2 Å². The minimum Gasteiger partial charge on any atom is -0.481 e. The smallest absolute Gasteiger partial charge is 0.328 e. The standard InChI is InChI=1S/C17H30N4O9/c1-3-8(2)13(16(28)20-11(7-23)17(29)30)21-15(27)10(6-22)19-14(26)9(18)4-5-12(24)25/h8-11,13,22-23H,3-7,18H2,1-2H3,(H,19,26)(H,20,28)(H,21,27)(H,24,25)(H,29,30). The molecule has 5 atom stereocenters. The molecule has 0 radical (unpaired) electrons. The van der Waals surface area contributed by atoms with Crippen molar-refractivity contribution in [1.82, 2.24) is 16.0 Å². The van der Waals surface area contributed by atoms with Crippen LogP contribution in [0.1, 0.15) is 33.1 Å². The predicted octanol–water partition coefficient (Wildman–Crippen LogP) is -3.25. The molecule has 0 heterocycles. The van der Waals surface area contributed by atoms with E-state index in [1.807, 2.05) is 0 Å². The molecule has 13 heteroatoms. The Bertz CT molecular complexity index is 628. The molecule has 5 unspecified atom stereocenters. The molecule has 0 saturated carbocycles. The van der Waals surface area contributed by atoms with Crippen LogP contribution in [0.15, 0.2) is 0 Å². The Kier molecular flexibility index (Phi) is 12.2. The summed E-state index contributed by atoms with van der Waals surface area (Å²) in [5.41, 5.74) is 5.55. The van der Waals surface area contributed by atoms with Gasteiger partial charge in [0.1, 0.15) is 18.1 Å². The van der Waals surface area contributed by atoms with Crippen LogP contribution < -0.4 is 21.7 Å². The van der Waals surface area contributed by atoms with Crippen molar-refractivity contribution in [3.05, 3.63) is 0 Å². The molecule has 0 aromatic carbocycles. The minimum atomic E-state index is -1.57. The Morgan fingerprint density at radius 1 is 0.867 bits per heavy atom. The number of aliphatic hydroxyl groups excluding tert-OH is 2. The summed E-state index contributed by atoms with van der Waals surface area (Å²) >= 11 is 0. The molecule has 0 saturated heterocycles. The summed E-state index contributed by atoms with van der Waals surface area (Å²) in [7, 11) is 0. The fraction of sp³-hybridized carbons (Fsp3) is 0.706. The third-order valence-electron chi connectivity index (χ3n) is 4.41. The molecule has 3 amide bonds. The molecule has 0 aliphatic carbocycles. The van der Waals surface area contributed by atoms with Crippen molar-refractivity contribution >= 4 is 29.7 Å². The summed E-state index contributed by atoms with van der Waals surface area (Å²) in [4.78, 5) is 58.4. The number of aliphatic hydroxyl groups is 2. The molecule has 0 spiro atoms. The van der Waals surface area contributed by atoms with E-state index in [-0.39, 0.29) is 12.8 Å². The Morgan fingerprint density at radius 2 is 1.40 bits per heavy atom. The van der Waals surface area contributed by atoms with Gasteiger partial charge in [0.15, 0.2) is 0 Å². The lowest BCUT2D eigenvalue weighted by atomic mass is 9.97. The number of hydrogen-bond acceptors (Lipinski definition) is 8. The van der Waals surface area contributed by atoms with Crippen molar-refractivity contribution in [3.8, 4) is 0 Å². The number of carboxylic acid groups (broad SMARTS) is 2. The van der Waals surface area contributed by atoms with E-state index in [1.165, 1.54) is 0 Å². The van der Waals surface area contributed by atoms with Crippen molar-refractivity contribution in [2.45, 2.75) is 57.3 Å². The van der Waals surface area contributed by atoms with E-state index >= 15 is 0 Å². The van der Waals surface area contributed by atoms with Gasteiger partial charge >= 0.3 is 11.9 Å². The molecular formula is C17H30N4O9. The number of nitrogens with two attached hydrogens (primary N) is 1. The molecule has 0 aliphatic heterocycles. The number of aliphatic carboxylic acids is 2. The van der Waals surface area contributed by atoms with Gasteiger partial charge in [0.25, 0.3) is 0 Å². The van der Waals surface area contributed by atoms with Crippen LogP contribution in [0.4, 0.5) is 0 Å². The van der Waals surface area contributed by atoms with Gasteiger partial charge in [0, 0.05) is 6.42 Å². The van der Waals surface area contributed by atoms with Gasteiger partial charge in [-0.3, -0.25) is 19.2 Å². The van der Waals surface area contributed by atoms with E-state index in [4.69, 9.17) is 21.1 Å². The first-order valence-corrected chi connectivity index (χ1v) is 9.31. The maximum Gasteiger partial charge on any atom is 0.328 e. The highest BCUT2D eigenvalue weighted by Gasteiger charge is 2.32. The summed E-state index contributed by atoms with van der Waals surface area (Å²) in [6, 6.07) is -5.47. The van der Waals surface area contributed by atoms with Crippen LogP contribution in [0.2, 0.25) is 0 Å². The summed E-state index contributed by atoms with van der Waals surface area (Å²) in [6.07, 6.45) is -0.127. The van der Waals surface area contributed by atoms with Crippen LogP contribution >= 0.6 is 0 Å². The Balaban J connectivity index is 5.17. The zero-order valence-corrected chi connectivity index (χ0v) is 16.8. The monoisotopic (exact) mass is 434 g/mol. The zero-order chi connectivity index (χ0) is 23.4. The first-order valence-electron chi connectivity index (χ1n) is 9.31. The molecule has 13 nitrogen and oxygen atoms in total. The van der Waals surface area contributed by atoms with Gasteiger partial charge < -0.3 is 42.1 Å². The fourth-order valence-electron chi connectivity index (χ4n) is 2.29. The maximum absolute atomic E-state index is 12.5. The number of rotatable bonds is 14. The SMILES string of the molecule is CCC(C)C(NC(=O)C(CO)NC(=O)C(N)CCC(=O)O)C(=O)NC(CO)C(=O)O. The van der Waals surface area contributed by atoms with Gasteiger partial charge in [0.05, 0.1) is 19.3 Å². The summed E-state index contributed by atoms with van der Waals surface area (Å²) in [6.45, 7) is 1.66. The molecule has 172 valence electrons. The predicted molar refractivity (Wildman–Crippen MR) is 102 cm³/mol. The first kappa shape index (κ1) is 27.2. The number of carboxylic acids is 2. The number of carbonyl (C=O) groups excluding carboxylic acids is 3. The van der Waals surface area contributed by atoms with Crippen LogP contribution in [0.5, 0.6) is 0 Å². The van der Waals surface area contributed by atoms with Crippen LogP contribution in [0.3, 0.4) is 0 Å². The van der Waals surface area contributed by atoms with Crippen molar-refractivity contribution < 1.29 is 44.4 Å². The molecule has 0 fully saturated rings. The van der Waals surface area contributed by atoms with E-state index in [0.717, 1.165) is 0 Å². The number of carbonyl (C=O) groups is 5. The van der Waals surface area contributed by atoms with Gasteiger partial charge in [0.2, 0.25) is 17.7 Å². The topological polar surface area (TPSA) is 228 Å². The average Bonchev–Trinajstić information content (AvgIpc) is 2.70. The van der Waals surface area contributed by atoms with Crippen LogP contribution in [0, 0.1) is 5.92 Å². The van der Waals surface area contributed by atoms with E-state index in [2.05, 4.69) is 16.0 Å². The molecule has 0 bridgehead atoms. The molecule has 0 aromatic rings. The average molecular weight is 434 g/mol. The lowest BCUT2D eigenvalue weighted by Crippen LogP contribution is -2.59. The largest absolute Gasteiger partial charge is 0.481 e. The Morgan fingerprint density at radius 3 is 1.83 bits per heavy atom. The molecule has 9 N–H and O–H groups in total. The van der Waals surface area contributed by atoms with Gasteiger partial charge in [-0.15, -0.1) is 0 Å². The number of amides is 3. The van der Waals surface area contributed by atoms with E-state index in [9.17, 15) is 29.1 Å². The Labute approximate surface area is 173 Å². The lowest BCUT2D eigenvalue weighted by Gasteiger charge is -2.27. The first-order chi connectivity index (χ1) is 14.0. The number of nitrogens with one attached hydrogen (secondary N) is 3. The highest BCUT2D eigenvalue weighted by molar-refractivity contribution is 5.94. The van der Waals surface area contributed by atoms with Crippen LogP contribution in [0.25, 0.3) is 0 Å². The van der Waals surface area contributed by atoms with Crippen molar-refractivity contribution in [1.29, 1.82) is 0 Å². The number of hydrogen-bond donors (Lipinski definition) is 8. The fourth-order valence-corrected chi connectivity index (χ4v) is 2.29. The molecular weight excluding hydrogens is 404 g/mol. The van der Waals surface area contributed by atoms with Crippen LogP contribution in [-0.4, -0.2) is 87.5 Å². The van der Waals surface area contributed by atoms with E-state index < -0.39 is 73.0 Å². The summed E-state index contributed by atoms with van der Waals surface area (Å²) < 4.78 is 0. The molecule has 30 heavy (non-hydrogen) atoms. The van der Waals surface area contributed by atoms with Gasteiger partial charge in [-0.25, -0.2) is 4.79 Å². The molecule has 0 aromatic heterocycles. The second-order valence-corrected chi connectivity index (χ2v) is 6.74. The van der Waals surface area contributed by atoms with Crippen molar-refractivity contribution in [2.24, 2.45) is 11.7 Å². The summed E-state index contributed by atoms with van der Waals surface area (Å²) in [5.74, 6) is -5.71. The molecule has 0 rings (SSSR count). The third-order valence-corrected chi connectivity index (χ3v) is 4.41.